The Morgan fingerprint density at radius 1 is 1.19 bits per heavy atom. The molecule has 1 aromatic carbocycles. The Hall–Kier alpha value is -2.85. The molecule has 160 valence electrons. The Labute approximate surface area is 190 Å². The summed E-state index contributed by atoms with van der Waals surface area (Å²) in [6.45, 7) is 4.57. The van der Waals surface area contributed by atoms with Gasteiger partial charge in [0.2, 0.25) is 0 Å². The van der Waals surface area contributed by atoms with Crippen molar-refractivity contribution in [3.8, 4) is 17.4 Å². The highest BCUT2D eigenvalue weighted by molar-refractivity contribution is 6.43. The van der Waals surface area contributed by atoms with Gasteiger partial charge in [-0.2, -0.15) is 5.26 Å². The first-order chi connectivity index (χ1) is 14.9. The molecule has 0 saturated heterocycles. The molecule has 0 radical (unpaired) electrons. The van der Waals surface area contributed by atoms with Gasteiger partial charge in [0.1, 0.15) is 23.2 Å². The lowest BCUT2D eigenvalue weighted by molar-refractivity contribution is -0.140. The number of carbonyl (C=O) groups is 2. The highest BCUT2D eigenvalue weighted by Gasteiger charge is 2.35. The predicted octanol–water partition coefficient (Wildman–Crippen LogP) is 5.27. The SMILES string of the molecule is CCOCCCN1C(=O)C(C#N)=C(C)/C(=C\c2ccc(-c3cccc(Cl)c3Cl)o2)C1=O. The van der Waals surface area contributed by atoms with Crippen LogP contribution in [-0.2, 0) is 14.3 Å². The molecule has 31 heavy (non-hydrogen) atoms. The van der Waals surface area contributed by atoms with Crippen LogP contribution in [0.1, 0.15) is 26.0 Å². The fourth-order valence-electron chi connectivity index (χ4n) is 3.21. The van der Waals surface area contributed by atoms with Crippen LogP contribution in [-0.4, -0.2) is 36.5 Å². The minimum atomic E-state index is -0.593. The zero-order valence-electron chi connectivity index (χ0n) is 17.1. The van der Waals surface area contributed by atoms with Crippen molar-refractivity contribution in [3.63, 3.8) is 0 Å². The van der Waals surface area contributed by atoms with E-state index in [-0.39, 0.29) is 17.7 Å². The van der Waals surface area contributed by atoms with Crippen molar-refractivity contribution < 1.29 is 18.7 Å². The van der Waals surface area contributed by atoms with E-state index in [1.54, 1.807) is 37.3 Å². The fourth-order valence-corrected chi connectivity index (χ4v) is 3.61. The van der Waals surface area contributed by atoms with Gasteiger partial charge >= 0.3 is 0 Å². The summed E-state index contributed by atoms with van der Waals surface area (Å²) in [6.07, 6.45) is 2.01. The fraction of sp³-hybridized carbons (Fsp3) is 0.261. The summed E-state index contributed by atoms with van der Waals surface area (Å²) in [4.78, 5) is 26.7. The van der Waals surface area contributed by atoms with Gasteiger partial charge in [-0.3, -0.25) is 14.5 Å². The van der Waals surface area contributed by atoms with Crippen molar-refractivity contribution in [1.29, 1.82) is 5.26 Å². The van der Waals surface area contributed by atoms with Crippen LogP contribution in [0, 0.1) is 11.3 Å². The molecule has 0 unspecified atom stereocenters. The third kappa shape index (κ3) is 4.75. The van der Waals surface area contributed by atoms with Crippen molar-refractivity contribution in [2.45, 2.75) is 20.3 Å². The summed E-state index contributed by atoms with van der Waals surface area (Å²) in [6, 6.07) is 10.5. The van der Waals surface area contributed by atoms with E-state index in [1.807, 2.05) is 13.0 Å². The third-order valence-electron chi connectivity index (χ3n) is 4.83. The Kier molecular flexibility index (Phi) is 7.34. The zero-order valence-corrected chi connectivity index (χ0v) is 18.6. The number of benzene rings is 1. The first-order valence-corrected chi connectivity index (χ1v) is 10.5. The number of carbonyl (C=O) groups excluding carboxylic acids is 2. The minimum absolute atomic E-state index is 0.0630. The molecule has 0 fully saturated rings. The first kappa shape index (κ1) is 22.8. The molecule has 0 atom stereocenters. The largest absolute Gasteiger partial charge is 0.457 e. The van der Waals surface area contributed by atoms with Gasteiger partial charge in [0.05, 0.1) is 10.0 Å². The Morgan fingerprint density at radius 2 is 1.97 bits per heavy atom. The lowest BCUT2D eigenvalue weighted by Gasteiger charge is -2.27. The molecule has 2 heterocycles. The minimum Gasteiger partial charge on any atom is -0.457 e. The Morgan fingerprint density at radius 3 is 2.68 bits per heavy atom. The van der Waals surface area contributed by atoms with Gasteiger partial charge in [0.25, 0.3) is 11.8 Å². The highest BCUT2D eigenvalue weighted by Crippen LogP contribution is 2.35. The normalized spacial score (nSPS) is 15.7. The third-order valence-corrected chi connectivity index (χ3v) is 5.65. The molecule has 2 aromatic rings. The molecular weight excluding hydrogens is 439 g/mol. The van der Waals surface area contributed by atoms with Crippen LogP contribution < -0.4 is 0 Å². The van der Waals surface area contributed by atoms with Gasteiger partial charge in [-0.25, -0.2) is 0 Å². The zero-order chi connectivity index (χ0) is 22.5. The average molecular weight is 459 g/mol. The molecule has 3 rings (SSSR count). The lowest BCUT2D eigenvalue weighted by atomic mass is 9.94. The molecule has 0 bridgehead atoms. The molecule has 1 aliphatic rings. The monoisotopic (exact) mass is 458 g/mol. The van der Waals surface area contributed by atoms with Crippen LogP contribution in [0.2, 0.25) is 10.0 Å². The molecule has 0 aliphatic carbocycles. The molecule has 1 aromatic heterocycles. The van der Waals surface area contributed by atoms with Crippen molar-refractivity contribution in [1.82, 2.24) is 4.90 Å². The topological polar surface area (TPSA) is 83.5 Å². The summed E-state index contributed by atoms with van der Waals surface area (Å²) in [7, 11) is 0. The molecular formula is C23H20Cl2N2O4. The van der Waals surface area contributed by atoms with Crippen molar-refractivity contribution in [2.75, 3.05) is 19.8 Å². The van der Waals surface area contributed by atoms with Gasteiger partial charge in [-0.05, 0) is 56.2 Å². The van der Waals surface area contributed by atoms with Crippen LogP contribution in [0.4, 0.5) is 0 Å². The molecule has 1 aliphatic heterocycles. The van der Waals surface area contributed by atoms with Crippen LogP contribution in [0.3, 0.4) is 0 Å². The number of hydrogen-bond donors (Lipinski definition) is 0. The quantitative estimate of drug-likeness (QED) is 0.320. The summed E-state index contributed by atoms with van der Waals surface area (Å²) < 4.78 is 11.1. The van der Waals surface area contributed by atoms with Crippen molar-refractivity contribution in [2.24, 2.45) is 0 Å². The second-order valence-corrected chi connectivity index (χ2v) is 7.57. The molecule has 0 saturated carbocycles. The second-order valence-electron chi connectivity index (χ2n) is 6.79. The van der Waals surface area contributed by atoms with Gasteiger partial charge in [0, 0.05) is 30.9 Å². The van der Waals surface area contributed by atoms with E-state index in [2.05, 4.69) is 0 Å². The molecule has 8 heteroatoms. The summed E-state index contributed by atoms with van der Waals surface area (Å²) in [5, 5.41) is 10.2. The van der Waals surface area contributed by atoms with Crippen molar-refractivity contribution in [3.05, 3.63) is 62.9 Å². The number of furan rings is 1. The highest BCUT2D eigenvalue weighted by atomic mass is 35.5. The van der Waals surface area contributed by atoms with Gasteiger partial charge in [-0.1, -0.05) is 29.3 Å². The van der Waals surface area contributed by atoms with E-state index >= 15 is 0 Å². The van der Waals surface area contributed by atoms with Gasteiger partial charge < -0.3 is 9.15 Å². The van der Waals surface area contributed by atoms with E-state index in [4.69, 9.17) is 32.4 Å². The van der Waals surface area contributed by atoms with Crippen LogP contribution in [0.15, 0.2) is 51.5 Å². The predicted molar refractivity (Wildman–Crippen MR) is 118 cm³/mol. The summed E-state index contributed by atoms with van der Waals surface area (Å²) in [5.41, 5.74) is 1.10. The molecule has 2 amide bonds. The maximum Gasteiger partial charge on any atom is 0.271 e. The summed E-state index contributed by atoms with van der Waals surface area (Å²) >= 11 is 12.3. The van der Waals surface area contributed by atoms with E-state index in [1.165, 1.54) is 6.08 Å². The Balaban J connectivity index is 1.95. The number of rotatable bonds is 7. The smallest absolute Gasteiger partial charge is 0.271 e. The van der Waals surface area contributed by atoms with Crippen LogP contribution in [0.25, 0.3) is 17.4 Å². The van der Waals surface area contributed by atoms with E-state index < -0.39 is 11.8 Å². The van der Waals surface area contributed by atoms with Crippen LogP contribution >= 0.6 is 23.2 Å². The van der Waals surface area contributed by atoms with E-state index in [0.717, 1.165) is 4.90 Å². The van der Waals surface area contributed by atoms with Crippen molar-refractivity contribution >= 4 is 41.1 Å². The Bertz CT molecular complexity index is 1120. The maximum atomic E-state index is 13.0. The average Bonchev–Trinajstić information content (AvgIpc) is 3.21. The summed E-state index contributed by atoms with van der Waals surface area (Å²) in [5.74, 6) is -0.203. The molecule has 0 N–H and O–H groups in total. The number of halogens is 2. The number of hydrogen-bond acceptors (Lipinski definition) is 5. The number of imide groups is 1. The molecule has 6 nitrogen and oxygen atoms in total. The standard InChI is InChI=1S/C23H20Cl2N2O4/c1-3-30-11-5-10-27-22(28)17(14(2)18(13-26)23(27)29)12-15-8-9-20(31-15)16-6-4-7-19(24)21(16)25/h4,6-9,12H,3,5,10-11H2,1-2H3/b17-12+. The molecule has 0 spiro atoms. The van der Waals surface area contributed by atoms with Gasteiger partial charge in [0.15, 0.2) is 0 Å². The van der Waals surface area contributed by atoms with E-state index in [9.17, 15) is 14.9 Å². The number of amides is 2. The maximum absolute atomic E-state index is 13.0. The lowest BCUT2D eigenvalue weighted by Crippen LogP contribution is -2.43. The van der Waals surface area contributed by atoms with E-state index in [0.29, 0.717) is 52.3 Å². The first-order valence-electron chi connectivity index (χ1n) is 9.70. The van der Waals surface area contributed by atoms with Gasteiger partial charge in [-0.15, -0.1) is 0 Å². The number of nitriles is 1. The number of nitrogens with zero attached hydrogens (tertiary/aromatic N) is 2. The number of ether oxygens (including phenoxy) is 1. The second kappa shape index (κ2) is 9.97. The van der Waals surface area contributed by atoms with Crippen LogP contribution in [0.5, 0.6) is 0 Å².